The largest absolute Gasteiger partial charge is 0.475 e. The molecule has 1 rings (SSSR count). The Morgan fingerprint density at radius 3 is 2.70 bits per heavy atom. The molecular formula is C17H30N2O. The van der Waals surface area contributed by atoms with Gasteiger partial charge in [0.2, 0.25) is 5.88 Å². The van der Waals surface area contributed by atoms with Crippen molar-refractivity contribution in [2.24, 2.45) is 0 Å². The summed E-state index contributed by atoms with van der Waals surface area (Å²) < 4.78 is 5.90. The van der Waals surface area contributed by atoms with Gasteiger partial charge in [-0.15, -0.1) is 0 Å². The fraction of sp³-hybridized carbons (Fsp3) is 0.706. The van der Waals surface area contributed by atoms with Crippen LogP contribution in [0.5, 0.6) is 5.88 Å². The van der Waals surface area contributed by atoms with Gasteiger partial charge in [-0.3, -0.25) is 0 Å². The second kappa shape index (κ2) is 9.76. The van der Waals surface area contributed by atoms with Crippen molar-refractivity contribution in [3.05, 3.63) is 23.9 Å². The first-order chi connectivity index (χ1) is 9.61. The minimum atomic E-state index is 0.243. The highest BCUT2D eigenvalue weighted by atomic mass is 16.5. The molecule has 3 heteroatoms. The average molecular weight is 278 g/mol. The Morgan fingerprint density at radius 1 is 1.20 bits per heavy atom. The van der Waals surface area contributed by atoms with E-state index in [0.717, 1.165) is 18.8 Å². The van der Waals surface area contributed by atoms with Crippen LogP contribution in [0, 0.1) is 0 Å². The van der Waals surface area contributed by atoms with Crippen LogP contribution >= 0.6 is 0 Å². The maximum atomic E-state index is 5.90. The molecular weight excluding hydrogens is 248 g/mol. The molecule has 0 saturated carbocycles. The second-order valence-electron chi connectivity index (χ2n) is 5.82. The first kappa shape index (κ1) is 17.0. The topological polar surface area (TPSA) is 34.1 Å². The van der Waals surface area contributed by atoms with Crippen LogP contribution in [0.25, 0.3) is 0 Å². The van der Waals surface area contributed by atoms with Crippen LogP contribution in [-0.2, 0) is 6.54 Å². The number of nitrogens with zero attached hydrogens (tertiary/aromatic N) is 1. The minimum absolute atomic E-state index is 0.243. The van der Waals surface area contributed by atoms with Crippen molar-refractivity contribution < 1.29 is 4.74 Å². The fourth-order valence-electron chi connectivity index (χ4n) is 2.07. The van der Waals surface area contributed by atoms with E-state index in [-0.39, 0.29) is 6.10 Å². The predicted octanol–water partition coefficient (Wildman–Crippen LogP) is 4.32. The van der Waals surface area contributed by atoms with E-state index in [1.165, 1.54) is 31.2 Å². The lowest BCUT2D eigenvalue weighted by Crippen LogP contribution is -2.22. The number of nitrogens with one attached hydrogen (secondary N) is 1. The molecule has 1 unspecified atom stereocenters. The summed E-state index contributed by atoms with van der Waals surface area (Å²) in [5.41, 5.74) is 1.22. The molecule has 1 heterocycles. The molecule has 0 saturated heterocycles. The van der Waals surface area contributed by atoms with Gasteiger partial charge in [0, 0.05) is 24.8 Å². The van der Waals surface area contributed by atoms with Gasteiger partial charge in [-0.2, -0.15) is 0 Å². The molecule has 0 aromatic carbocycles. The van der Waals surface area contributed by atoms with Gasteiger partial charge < -0.3 is 10.1 Å². The number of hydrogen-bond donors (Lipinski definition) is 1. The van der Waals surface area contributed by atoms with E-state index < -0.39 is 0 Å². The fourth-order valence-corrected chi connectivity index (χ4v) is 2.07. The Balaban J connectivity index is 2.36. The zero-order valence-corrected chi connectivity index (χ0v) is 13.5. The first-order valence-electron chi connectivity index (χ1n) is 7.96. The van der Waals surface area contributed by atoms with Crippen molar-refractivity contribution in [2.75, 3.05) is 0 Å². The van der Waals surface area contributed by atoms with Gasteiger partial charge in [-0.25, -0.2) is 4.98 Å². The third-order valence-electron chi connectivity index (χ3n) is 3.30. The molecule has 0 fully saturated rings. The molecule has 1 aromatic rings. The zero-order chi connectivity index (χ0) is 14.8. The van der Waals surface area contributed by atoms with Gasteiger partial charge in [0.15, 0.2) is 0 Å². The number of rotatable bonds is 10. The maximum absolute atomic E-state index is 5.90. The molecule has 3 nitrogen and oxygen atoms in total. The third kappa shape index (κ3) is 7.49. The van der Waals surface area contributed by atoms with Gasteiger partial charge in [0.25, 0.3) is 0 Å². The quantitative estimate of drug-likeness (QED) is 0.647. The monoisotopic (exact) mass is 278 g/mol. The Morgan fingerprint density at radius 2 is 2.00 bits per heavy atom. The molecule has 0 aliphatic rings. The Bertz CT molecular complexity index is 366. The maximum Gasteiger partial charge on any atom is 0.213 e. The van der Waals surface area contributed by atoms with Gasteiger partial charge in [-0.05, 0) is 31.4 Å². The Hall–Kier alpha value is -1.09. The molecule has 0 aliphatic carbocycles. The van der Waals surface area contributed by atoms with Gasteiger partial charge in [0.1, 0.15) is 0 Å². The highest BCUT2D eigenvalue weighted by Crippen LogP contribution is 2.14. The van der Waals surface area contributed by atoms with Gasteiger partial charge in [0.05, 0.1) is 6.10 Å². The molecule has 0 radical (unpaired) electrons. The smallest absolute Gasteiger partial charge is 0.213 e. The van der Waals surface area contributed by atoms with Crippen molar-refractivity contribution in [1.29, 1.82) is 0 Å². The SMILES string of the molecule is CCCCCCC(C)Oc1cc(CNC(C)C)ccn1. The standard InChI is InChI=1S/C17H30N2O/c1-5-6-7-8-9-15(4)20-17-12-16(10-11-18-17)13-19-14(2)3/h10-12,14-15,19H,5-9,13H2,1-4H3. The van der Waals surface area contributed by atoms with Crippen LogP contribution in [0.1, 0.15) is 65.4 Å². The van der Waals surface area contributed by atoms with Crippen molar-refractivity contribution in [1.82, 2.24) is 10.3 Å². The zero-order valence-electron chi connectivity index (χ0n) is 13.5. The van der Waals surface area contributed by atoms with Crippen molar-refractivity contribution >= 4 is 0 Å². The lowest BCUT2D eigenvalue weighted by atomic mass is 10.1. The summed E-state index contributed by atoms with van der Waals surface area (Å²) in [6.45, 7) is 9.53. The van der Waals surface area contributed by atoms with Crippen molar-refractivity contribution in [2.45, 2.75) is 78.5 Å². The van der Waals surface area contributed by atoms with E-state index in [1.807, 2.05) is 18.3 Å². The Kier molecular flexibility index (Phi) is 8.28. The number of aromatic nitrogens is 1. The molecule has 1 N–H and O–H groups in total. The molecule has 0 amide bonds. The van der Waals surface area contributed by atoms with E-state index in [2.05, 4.69) is 38.0 Å². The predicted molar refractivity (Wildman–Crippen MR) is 85.1 cm³/mol. The molecule has 20 heavy (non-hydrogen) atoms. The van der Waals surface area contributed by atoms with E-state index >= 15 is 0 Å². The lowest BCUT2D eigenvalue weighted by Gasteiger charge is -2.15. The summed E-state index contributed by atoms with van der Waals surface area (Å²) in [4.78, 5) is 4.30. The van der Waals surface area contributed by atoms with Gasteiger partial charge in [-0.1, -0.05) is 40.0 Å². The summed E-state index contributed by atoms with van der Waals surface area (Å²) in [5.74, 6) is 0.746. The highest BCUT2D eigenvalue weighted by molar-refractivity contribution is 5.20. The number of unbranched alkanes of at least 4 members (excludes halogenated alkanes) is 3. The summed E-state index contributed by atoms with van der Waals surface area (Å²) in [7, 11) is 0. The average Bonchev–Trinajstić information content (AvgIpc) is 2.42. The van der Waals surface area contributed by atoms with Crippen molar-refractivity contribution in [3.8, 4) is 5.88 Å². The molecule has 1 atom stereocenters. The number of pyridine rings is 1. The van der Waals surface area contributed by atoms with E-state index in [9.17, 15) is 0 Å². The van der Waals surface area contributed by atoms with Crippen LogP contribution in [0.2, 0.25) is 0 Å². The lowest BCUT2D eigenvalue weighted by molar-refractivity contribution is 0.198. The Labute approximate surface area is 124 Å². The molecule has 0 bridgehead atoms. The molecule has 0 aliphatic heterocycles. The third-order valence-corrected chi connectivity index (χ3v) is 3.30. The summed E-state index contributed by atoms with van der Waals surface area (Å²) in [6, 6.07) is 4.57. The van der Waals surface area contributed by atoms with E-state index in [4.69, 9.17) is 4.74 Å². The van der Waals surface area contributed by atoms with Crippen LogP contribution in [0.15, 0.2) is 18.3 Å². The van der Waals surface area contributed by atoms with E-state index in [0.29, 0.717) is 6.04 Å². The summed E-state index contributed by atoms with van der Waals surface area (Å²) >= 11 is 0. The summed E-state index contributed by atoms with van der Waals surface area (Å²) in [5, 5.41) is 3.41. The highest BCUT2D eigenvalue weighted by Gasteiger charge is 2.06. The molecule has 114 valence electrons. The minimum Gasteiger partial charge on any atom is -0.475 e. The normalized spacial score (nSPS) is 12.7. The van der Waals surface area contributed by atoms with Crippen LogP contribution in [-0.4, -0.2) is 17.1 Å². The van der Waals surface area contributed by atoms with Gasteiger partial charge >= 0.3 is 0 Å². The number of ether oxygens (including phenoxy) is 1. The van der Waals surface area contributed by atoms with Crippen LogP contribution < -0.4 is 10.1 Å². The van der Waals surface area contributed by atoms with Crippen LogP contribution in [0.4, 0.5) is 0 Å². The number of hydrogen-bond acceptors (Lipinski definition) is 3. The first-order valence-corrected chi connectivity index (χ1v) is 7.96. The van der Waals surface area contributed by atoms with Crippen LogP contribution in [0.3, 0.4) is 0 Å². The van der Waals surface area contributed by atoms with Crippen molar-refractivity contribution in [3.63, 3.8) is 0 Å². The second-order valence-corrected chi connectivity index (χ2v) is 5.82. The van der Waals surface area contributed by atoms with E-state index in [1.54, 1.807) is 0 Å². The molecule has 1 aromatic heterocycles. The molecule has 0 spiro atoms. The summed E-state index contributed by atoms with van der Waals surface area (Å²) in [6.07, 6.45) is 8.32.